The smallest absolute Gasteiger partial charge is 0.335 e. The minimum absolute atomic E-state index is 0.237. The number of nitrogens with zero attached hydrogens (tertiary/aromatic N) is 2. The first-order valence-corrected chi connectivity index (χ1v) is 11.2. The SMILES string of the molecule is O=C(O)c1ccc(N/N=C/c2cn(Cc3cccc(Oc4ccccc4)c3)c3ccccc23)cc1. The molecule has 0 amide bonds. The topological polar surface area (TPSA) is 75.9 Å². The van der Waals surface area contributed by atoms with Gasteiger partial charge in [0.25, 0.3) is 0 Å². The van der Waals surface area contributed by atoms with Crippen LogP contribution in [0.1, 0.15) is 21.5 Å². The molecule has 1 heterocycles. The van der Waals surface area contributed by atoms with Gasteiger partial charge in [-0.25, -0.2) is 4.79 Å². The minimum atomic E-state index is -0.954. The van der Waals surface area contributed by atoms with E-state index in [-0.39, 0.29) is 5.56 Å². The Morgan fingerprint density at radius 3 is 2.43 bits per heavy atom. The summed E-state index contributed by atoms with van der Waals surface area (Å²) in [5.41, 5.74) is 7.12. The predicted octanol–water partition coefficient (Wildman–Crippen LogP) is 6.63. The number of hydrogen-bond donors (Lipinski definition) is 2. The summed E-state index contributed by atoms with van der Waals surface area (Å²) in [6.07, 6.45) is 3.85. The molecule has 0 saturated carbocycles. The fourth-order valence-corrected chi connectivity index (χ4v) is 3.90. The summed E-state index contributed by atoms with van der Waals surface area (Å²) in [5, 5.41) is 14.5. The van der Waals surface area contributed by atoms with Crippen LogP contribution in [-0.4, -0.2) is 21.9 Å². The summed E-state index contributed by atoms with van der Waals surface area (Å²) in [6, 6.07) is 32.5. The zero-order chi connectivity index (χ0) is 24.0. The van der Waals surface area contributed by atoms with E-state index in [9.17, 15) is 4.79 Å². The molecule has 0 saturated heterocycles. The number of aromatic carboxylic acids is 1. The predicted molar refractivity (Wildman–Crippen MR) is 139 cm³/mol. The largest absolute Gasteiger partial charge is 0.478 e. The third-order valence-corrected chi connectivity index (χ3v) is 5.58. The van der Waals surface area contributed by atoms with Crippen molar-refractivity contribution in [3.8, 4) is 11.5 Å². The number of hydrogen-bond acceptors (Lipinski definition) is 4. The van der Waals surface area contributed by atoms with Crippen LogP contribution in [0, 0.1) is 0 Å². The average Bonchev–Trinajstić information content (AvgIpc) is 3.22. The Bertz CT molecular complexity index is 1490. The van der Waals surface area contributed by atoms with Gasteiger partial charge >= 0.3 is 5.97 Å². The number of hydrazone groups is 1. The van der Waals surface area contributed by atoms with Crippen molar-refractivity contribution in [1.29, 1.82) is 0 Å². The van der Waals surface area contributed by atoms with E-state index in [0.29, 0.717) is 12.2 Å². The molecule has 6 heteroatoms. The molecule has 1 aromatic heterocycles. The number of anilines is 1. The first-order chi connectivity index (χ1) is 17.2. The second kappa shape index (κ2) is 9.97. The normalized spacial score (nSPS) is 11.1. The molecule has 0 fully saturated rings. The van der Waals surface area contributed by atoms with Gasteiger partial charge in [-0.05, 0) is 60.2 Å². The van der Waals surface area contributed by atoms with E-state index in [0.717, 1.165) is 33.5 Å². The summed E-state index contributed by atoms with van der Waals surface area (Å²) in [5.74, 6) is 0.648. The highest BCUT2D eigenvalue weighted by molar-refractivity contribution is 5.99. The number of nitrogens with one attached hydrogen (secondary N) is 1. The molecule has 0 spiro atoms. The molecule has 4 aromatic carbocycles. The molecule has 5 rings (SSSR count). The van der Waals surface area contributed by atoms with Crippen LogP contribution in [0.25, 0.3) is 10.9 Å². The van der Waals surface area contributed by atoms with Gasteiger partial charge < -0.3 is 14.4 Å². The van der Waals surface area contributed by atoms with Crippen LogP contribution in [0.4, 0.5) is 5.69 Å². The fraction of sp³-hybridized carbons (Fsp3) is 0.0345. The van der Waals surface area contributed by atoms with Crippen molar-refractivity contribution in [3.63, 3.8) is 0 Å². The van der Waals surface area contributed by atoms with E-state index in [4.69, 9.17) is 9.84 Å². The van der Waals surface area contributed by atoms with Gasteiger partial charge in [-0.2, -0.15) is 5.10 Å². The molecular formula is C29H23N3O3. The Hall–Kier alpha value is -4.84. The molecule has 0 atom stereocenters. The van der Waals surface area contributed by atoms with Gasteiger partial charge in [-0.1, -0.05) is 48.5 Å². The number of fused-ring (bicyclic) bond motifs is 1. The Balaban J connectivity index is 1.35. The van der Waals surface area contributed by atoms with Crippen LogP contribution in [0.2, 0.25) is 0 Å². The van der Waals surface area contributed by atoms with Gasteiger partial charge in [-0.15, -0.1) is 0 Å². The highest BCUT2D eigenvalue weighted by atomic mass is 16.5. The van der Waals surface area contributed by atoms with Crippen LogP contribution >= 0.6 is 0 Å². The third-order valence-electron chi connectivity index (χ3n) is 5.58. The third kappa shape index (κ3) is 5.23. The van der Waals surface area contributed by atoms with Crippen molar-refractivity contribution in [1.82, 2.24) is 4.57 Å². The number of rotatable bonds is 8. The highest BCUT2D eigenvalue weighted by Crippen LogP contribution is 2.25. The zero-order valence-corrected chi connectivity index (χ0v) is 18.8. The maximum atomic E-state index is 11.0. The molecule has 172 valence electrons. The monoisotopic (exact) mass is 461 g/mol. The number of carbonyl (C=O) groups is 1. The van der Waals surface area contributed by atoms with Gasteiger partial charge in [0.1, 0.15) is 11.5 Å². The van der Waals surface area contributed by atoms with Crippen LogP contribution < -0.4 is 10.2 Å². The Morgan fingerprint density at radius 2 is 1.63 bits per heavy atom. The number of benzene rings is 4. The molecule has 0 bridgehead atoms. The highest BCUT2D eigenvalue weighted by Gasteiger charge is 2.08. The maximum absolute atomic E-state index is 11.0. The number of para-hydroxylation sites is 2. The first kappa shape index (κ1) is 22.0. The molecule has 0 radical (unpaired) electrons. The van der Waals surface area contributed by atoms with E-state index in [2.05, 4.69) is 45.6 Å². The van der Waals surface area contributed by atoms with Crippen molar-refractivity contribution in [3.05, 3.63) is 126 Å². The van der Waals surface area contributed by atoms with Crippen molar-refractivity contribution >= 4 is 28.8 Å². The first-order valence-electron chi connectivity index (χ1n) is 11.2. The van der Waals surface area contributed by atoms with E-state index in [1.807, 2.05) is 54.6 Å². The van der Waals surface area contributed by atoms with E-state index in [1.54, 1.807) is 30.5 Å². The lowest BCUT2D eigenvalue weighted by Crippen LogP contribution is -1.98. The van der Waals surface area contributed by atoms with Gasteiger partial charge in [0.15, 0.2) is 0 Å². The molecule has 0 unspecified atom stereocenters. The van der Waals surface area contributed by atoms with Gasteiger partial charge in [0.2, 0.25) is 0 Å². The molecule has 0 aliphatic rings. The Kier molecular flexibility index (Phi) is 6.26. The number of aromatic nitrogens is 1. The summed E-state index contributed by atoms with van der Waals surface area (Å²) >= 11 is 0. The van der Waals surface area contributed by atoms with Crippen LogP contribution in [0.3, 0.4) is 0 Å². The summed E-state index contributed by atoms with van der Waals surface area (Å²) in [4.78, 5) is 11.0. The molecule has 0 aliphatic carbocycles. The number of ether oxygens (including phenoxy) is 1. The quantitative estimate of drug-likeness (QED) is 0.201. The van der Waals surface area contributed by atoms with Crippen molar-refractivity contribution in [2.24, 2.45) is 5.10 Å². The van der Waals surface area contributed by atoms with Gasteiger partial charge in [0.05, 0.1) is 17.5 Å². The molecule has 6 nitrogen and oxygen atoms in total. The van der Waals surface area contributed by atoms with Crippen molar-refractivity contribution in [2.75, 3.05) is 5.43 Å². The lowest BCUT2D eigenvalue weighted by Gasteiger charge is -2.09. The second-order valence-corrected chi connectivity index (χ2v) is 8.04. The van der Waals surface area contributed by atoms with Crippen molar-refractivity contribution in [2.45, 2.75) is 6.54 Å². The number of carboxylic acids is 1. The Morgan fingerprint density at radius 1 is 0.886 bits per heavy atom. The maximum Gasteiger partial charge on any atom is 0.335 e. The Labute approximate surface area is 202 Å². The standard InChI is InChI=1S/C29H23N3O3/c33-29(34)22-13-15-24(16-14-22)31-30-18-23-20-32(28-12-5-4-11-27(23)28)19-21-7-6-10-26(17-21)35-25-8-2-1-3-9-25/h1-18,20,31H,19H2,(H,33,34)/b30-18+. The average molecular weight is 462 g/mol. The second-order valence-electron chi connectivity index (χ2n) is 8.04. The summed E-state index contributed by atoms with van der Waals surface area (Å²) in [7, 11) is 0. The van der Waals surface area contributed by atoms with Crippen LogP contribution in [-0.2, 0) is 6.54 Å². The summed E-state index contributed by atoms with van der Waals surface area (Å²) < 4.78 is 8.19. The molecule has 2 N–H and O–H groups in total. The van der Waals surface area contributed by atoms with Gasteiger partial charge in [-0.3, -0.25) is 5.43 Å². The lowest BCUT2D eigenvalue weighted by atomic mass is 10.2. The van der Waals surface area contributed by atoms with E-state index >= 15 is 0 Å². The fourth-order valence-electron chi connectivity index (χ4n) is 3.90. The molecular weight excluding hydrogens is 438 g/mol. The van der Waals surface area contributed by atoms with E-state index < -0.39 is 5.97 Å². The summed E-state index contributed by atoms with van der Waals surface area (Å²) in [6.45, 7) is 0.685. The minimum Gasteiger partial charge on any atom is -0.478 e. The zero-order valence-electron chi connectivity index (χ0n) is 18.8. The van der Waals surface area contributed by atoms with Crippen molar-refractivity contribution < 1.29 is 14.6 Å². The van der Waals surface area contributed by atoms with Crippen LogP contribution in [0.5, 0.6) is 11.5 Å². The van der Waals surface area contributed by atoms with Gasteiger partial charge in [0, 0.05) is 29.2 Å². The molecule has 0 aliphatic heterocycles. The molecule has 5 aromatic rings. The van der Waals surface area contributed by atoms with Crippen LogP contribution in [0.15, 0.2) is 114 Å². The number of carboxylic acid groups (broad SMARTS) is 1. The molecule has 35 heavy (non-hydrogen) atoms. The van der Waals surface area contributed by atoms with E-state index in [1.165, 1.54) is 0 Å². The lowest BCUT2D eigenvalue weighted by molar-refractivity contribution is 0.0697.